The van der Waals surface area contributed by atoms with Gasteiger partial charge in [0, 0.05) is 116 Å². The largest absolute Gasteiger partial charge is 0.456 e. The molecule has 98 heavy (non-hydrogen) atoms. The number of hydrogen-bond acceptors (Lipinski definition) is 10. The highest BCUT2D eigenvalue weighted by Crippen LogP contribution is 2.38. The molecule has 5 aromatic heterocycles. The number of benzene rings is 10. The first-order chi connectivity index (χ1) is 47.5. The lowest BCUT2D eigenvalue weighted by atomic mass is 9.98. The summed E-state index contributed by atoms with van der Waals surface area (Å²) < 4.78 is 29.4. The van der Waals surface area contributed by atoms with Crippen molar-refractivity contribution in [2.75, 3.05) is 33.0 Å². The number of aliphatic hydroxyl groups is 5. The lowest BCUT2D eigenvalue weighted by Crippen LogP contribution is -1.97. The Hall–Kier alpha value is -9.00. The van der Waals surface area contributed by atoms with Crippen LogP contribution >= 0.6 is 0 Å². The molecule has 10 nitrogen and oxygen atoms in total. The molecule has 508 valence electrons. The number of furan rings is 5. The van der Waals surface area contributed by atoms with Gasteiger partial charge in [0.05, 0.1) is 0 Å². The second kappa shape index (κ2) is 31.7. The molecule has 0 aliphatic rings. The van der Waals surface area contributed by atoms with Crippen LogP contribution in [0.3, 0.4) is 0 Å². The van der Waals surface area contributed by atoms with Crippen LogP contribution < -0.4 is 0 Å². The molecule has 0 amide bonds. The summed E-state index contributed by atoms with van der Waals surface area (Å²) >= 11 is 0. The molecule has 0 saturated heterocycles. The average molecular weight is 1310 g/mol. The molecule has 10 aromatic carbocycles. The number of rotatable bonds is 17. The van der Waals surface area contributed by atoms with Gasteiger partial charge < -0.3 is 47.6 Å². The quantitative estimate of drug-likeness (QED) is 0.0592. The summed E-state index contributed by atoms with van der Waals surface area (Å²) in [6.45, 7) is 24.0. The van der Waals surface area contributed by atoms with E-state index in [9.17, 15) is 25.5 Å². The van der Waals surface area contributed by atoms with Crippen LogP contribution in [0.1, 0.15) is 180 Å². The molecule has 0 fully saturated rings. The fourth-order valence-electron chi connectivity index (χ4n) is 12.9. The first-order valence-corrected chi connectivity index (χ1v) is 35.2. The number of fused-ring (bicyclic) bond motifs is 15. The van der Waals surface area contributed by atoms with Gasteiger partial charge in [0.1, 0.15) is 55.8 Å². The summed E-state index contributed by atoms with van der Waals surface area (Å²) in [6.07, 6.45) is 6.81. The van der Waals surface area contributed by atoms with Gasteiger partial charge in [-0.25, -0.2) is 0 Å². The van der Waals surface area contributed by atoms with E-state index < -0.39 is 0 Å². The fraction of sp³-hybridized carbons (Fsp3) is 0.318. The summed E-state index contributed by atoms with van der Waals surface area (Å²) in [5.74, 6) is 1.28. The maximum absolute atomic E-state index is 9.34. The van der Waals surface area contributed by atoms with Crippen LogP contribution in [0.5, 0.6) is 0 Å². The molecule has 0 bridgehead atoms. The molecule has 5 atom stereocenters. The first kappa shape index (κ1) is 70.3. The molecule has 0 aliphatic heterocycles. The second-order valence-electron chi connectivity index (χ2n) is 27.3. The number of hydrogen-bond donors (Lipinski definition) is 5. The zero-order valence-electron chi connectivity index (χ0n) is 58.8. The molecule has 15 aromatic rings. The van der Waals surface area contributed by atoms with Crippen LogP contribution in [0.2, 0.25) is 0 Å². The van der Waals surface area contributed by atoms with E-state index in [0.29, 0.717) is 5.92 Å². The van der Waals surface area contributed by atoms with Gasteiger partial charge in [-0.15, -0.1) is 0 Å². The predicted molar refractivity (Wildman–Crippen MR) is 407 cm³/mol. The lowest BCUT2D eigenvalue weighted by Gasteiger charge is -2.07. The Morgan fingerprint density at radius 2 is 0.510 bits per heavy atom. The van der Waals surface area contributed by atoms with Crippen molar-refractivity contribution in [1.29, 1.82) is 0 Å². The summed E-state index contributed by atoms with van der Waals surface area (Å²) in [4.78, 5) is 0. The Morgan fingerprint density at radius 1 is 0.265 bits per heavy atom. The SMILES string of the molecule is CC(C)c1ccc2oc3ccc(C(C)CO)cc3c2c1.CCCCc1ccc2oc3ccc(C(C)CO)cc3c2c1.CCCc1ccc2oc3ccc(C(C)CO)cc3c2c1.CCc1ccc2oc3ccc(C(C)CO)cc3c2c1.Cc1ccc2oc3ccc(C(C)CO)cc3c2c1. The molecule has 0 aliphatic carbocycles. The average Bonchev–Trinajstić information content (AvgIpc) is 1.66. The van der Waals surface area contributed by atoms with Crippen LogP contribution in [-0.4, -0.2) is 58.6 Å². The van der Waals surface area contributed by atoms with Gasteiger partial charge in [0.25, 0.3) is 0 Å². The van der Waals surface area contributed by atoms with E-state index in [1.807, 2.05) is 107 Å². The van der Waals surface area contributed by atoms with Crippen molar-refractivity contribution in [3.05, 3.63) is 238 Å². The normalized spacial score (nSPS) is 13.2. The first-order valence-electron chi connectivity index (χ1n) is 35.2. The standard InChI is InChI=1S/C19H22O2.2C18H20O2.C17H18O2.C16H16O2/c1-3-4-5-14-6-8-18-16(10-14)17-11-15(13(2)12-20)7-9-19(17)21-18;1-11(2)13-4-6-17-15(8-13)16-9-14(12(3)10-19)5-7-18(16)20-17;1-3-4-13-5-7-17-15(9-13)16-10-14(12(2)11-19)6-8-18(16)20-17;1-3-12-4-6-16-14(8-12)15-9-13(11(2)10-18)5-7-17(15)19-16;1-10-3-5-15-13(7-10)14-8-12(11(2)9-17)4-6-16(14)18-15/h6-11,13,20H,3-5,12H2,1-2H3;4-9,11-12,19H,10H2,1-3H3;5-10,12,19H,3-4,11H2,1-2H3;4-9,11,18H,3,10H2,1-2H3;3-8,11,17H,9H2,1-2H3. The van der Waals surface area contributed by atoms with Crippen LogP contribution in [0.4, 0.5) is 0 Å². The Balaban J connectivity index is 0.000000124. The minimum absolute atomic E-state index is 0.151. The lowest BCUT2D eigenvalue weighted by molar-refractivity contribution is 0.273. The minimum atomic E-state index is 0.151. The summed E-state index contributed by atoms with van der Waals surface area (Å²) in [6, 6.07) is 62.9. The third-order valence-electron chi connectivity index (χ3n) is 19.5. The highest BCUT2D eigenvalue weighted by Gasteiger charge is 2.17. The van der Waals surface area contributed by atoms with Crippen molar-refractivity contribution in [1.82, 2.24) is 0 Å². The fourth-order valence-corrected chi connectivity index (χ4v) is 12.9. The van der Waals surface area contributed by atoms with Crippen molar-refractivity contribution in [2.24, 2.45) is 0 Å². The van der Waals surface area contributed by atoms with Gasteiger partial charge >= 0.3 is 0 Å². The van der Waals surface area contributed by atoms with E-state index in [4.69, 9.17) is 22.1 Å². The van der Waals surface area contributed by atoms with E-state index in [2.05, 4.69) is 151 Å². The molecule has 0 radical (unpaired) electrons. The predicted octanol–water partition coefficient (Wildman–Crippen LogP) is 22.7. The van der Waals surface area contributed by atoms with Crippen molar-refractivity contribution in [3.8, 4) is 0 Å². The van der Waals surface area contributed by atoms with Gasteiger partial charge in [0.15, 0.2) is 0 Å². The number of aliphatic hydroxyl groups excluding tert-OH is 5. The topological polar surface area (TPSA) is 167 Å². The summed E-state index contributed by atoms with van der Waals surface area (Å²) in [5, 5.41) is 58.1. The van der Waals surface area contributed by atoms with Crippen LogP contribution in [0, 0.1) is 6.92 Å². The number of unbranched alkanes of at least 4 members (excludes halogenated alkanes) is 1. The van der Waals surface area contributed by atoms with Crippen molar-refractivity contribution < 1.29 is 47.6 Å². The minimum Gasteiger partial charge on any atom is -0.456 e. The van der Waals surface area contributed by atoms with E-state index in [0.717, 1.165) is 147 Å². The molecule has 15 rings (SSSR count). The maximum Gasteiger partial charge on any atom is 0.135 e. The Labute approximate surface area is 575 Å². The van der Waals surface area contributed by atoms with Gasteiger partial charge in [-0.2, -0.15) is 0 Å². The van der Waals surface area contributed by atoms with Gasteiger partial charge in [-0.3, -0.25) is 0 Å². The molecule has 0 spiro atoms. The van der Waals surface area contributed by atoms with Crippen molar-refractivity contribution >= 4 is 110 Å². The zero-order valence-corrected chi connectivity index (χ0v) is 58.8. The van der Waals surface area contributed by atoms with Crippen molar-refractivity contribution in [3.63, 3.8) is 0 Å². The highest BCUT2D eigenvalue weighted by atomic mass is 16.3. The second-order valence-corrected chi connectivity index (χ2v) is 27.3. The maximum atomic E-state index is 9.34. The van der Waals surface area contributed by atoms with E-state index in [-0.39, 0.29) is 62.6 Å². The highest BCUT2D eigenvalue weighted by molar-refractivity contribution is 6.09. The van der Waals surface area contributed by atoms with E-state index in [1.165, 1.54) is 56.8 Å². The summed E-state index contributed by atoms with van der Waals surface area (Å²) in [5.41, 5.74) is 21.6. The molecule has 5 unspecified atom stereocenters. The zero-order chi connectivity index (χ0) is 69.3. The summed E-state index contributed by atoms with van der Waals surface area (Å²) in [7, 11) is 0. The Bertz CT molecular complexity index is 5180. The molecule has 0 saturated carbocycles. The van der Waals surface area contributed by atoms with Gasteiger partial charge in [0.2, 0.25) is 0 Å². The van der Waals surface area contributed by atoms with Crippen LogP contribution in [0.25, 0.3) is 110 Å². The Morgan fingerprint density at radius 3 is 0.796 bits per heavy atom. The van der Waals surface area contributed by atoms with E-state index >= 15 is 0 Å². The van der Waals surface area contributed by atoms with Gasteiger partial charge in [-0.05, 0) is 210 Å². The molecular weight excluding hydrogens is 1220 g/mol. The molecule has 5 heterocycles. The van der Waals surface area contributed by atoms with E-state index in [1.54, 1.807) is 0 Å². The number of aryl methyl sites for hydroxylation is 4. The third-order valence-corrected chi connectivity index (χ3v) is 19.5. The van der Waals surface area contributed by atoms with Crippen molar-refractivity contribution in [2.45, 2.75) is 150 Å². The van der Waals surface area contributed by atoms with Crippen LogP contribution in [-0.2, 0) is 19.3 Å². The molecule has 10 heteroatoms. The molecule has 5 N–H and O–H groups in total. The van der Waals surface area contributed by atoms with Gasteiger partial charge in [-0.1, -0.05) is 148 Å². The third kappa shape index (κ3) is 15.5. The monoisotopic (exact) mass is 1310 g/mol. The molecular formula is C88H96O10. The smallest absolute Gasteiger partial charge is 0.135 e. The Kier molecular flexibility index (Phi) is 22.7. The van der Waals surface area contributed by atoms with Crippen LogP contribution in [0.15, 0.2) is 204 Å².